The van der Waals surface area contributed by atoms with E-state index in [0.717, 1.165) is 121 Å². The standard InChI is InChI=1S/2C19H25I3O5.2Na/c2*1-26-19-15(21)11-14(20)13(18(19)22)12-27-17(25)10-8-6-4-2-3-5-7-9-16(23)24;;/h2*11H,2-10,12H2,1H3,(H,23,24);;/q;;2*+1/p-2. The van der Waals surface area contributed by atoms with Crippen molar-refractivity contribution in [3.8, 4) is 11.5 Å². The summed E-state index contributed by atoms with van der Waals surface area (Å²) >= 11 is 13.5. The maximum atomic E-state index is 12.0. The zero-order chi connectivity index (χ0) is 40.5. The Morgan fingerprint density at radius 1 is 0.464 bits per heavy atom. The van der Waals surface area contributed by atoms with E-state index < -0.39 is 11.9 Å². The fourth-order valence-electron chi connectivity index (χ4n) is 5.15. The Kier molecular flexibility index (Phi) is 39.6. The third-order valence-electron chi connectivity index (χ3n) is 8.13. The number of rotatable bonds is 26. The smallest absolute Gasteiger partial charge is 0.550 e. The molecule has 2 rings (SSSR count). The monoisotopic (exact) mass is 1470 g/mol. The minimum Gasteiger partial charge on any atom is -0.550 e. The van der Waals surface area contributed by atoms with Crippen LogP contribution in [0, 0.1) is 21.4 Å². The first-order valence-corrected chi connectivity index (χ1v) is 24.3. The van der Waals surface area contributed by atoms with Gasteiger partial charge in [-0.05, 0) is 186 Å². The molecule has 0 radical (unpaired) electrons. The summed E-state index contributed by atoms with van der Waals surface area (Å²) in [5.74, 6) is -0.645. The van der Waals surface area contributed by atoms with E-state index in [2.05, 4.69) is 136 Å². The number of aliphatic carboxylic acids is 2. The number of methoxy groups -OCH3 is 2. The van der Waals surface area contributed by atoms with E-state index in [0.29, 0.717) is 25.7 Å². The van der Waals surface area contributed by atoms with Gasteiger partial charge in [-0.2, -0.15) is 0 Å². The van der Waals surface area contributed by atoms with E-state index in [9.17, 15) is 29.4 Å². The molecular formula is C38H48I6Na2O10. The molecular weight excluding hydrogens is 1420 g/mol. The first-order chi connectivity index (χ1) is 25.7. The second-order valence-corrected chi connectivity index (χ2v) is 19.2. The van der Waals surface area contributed by atoms with Crippen LogP contribution in [0.15, 0.2) is 12.1 Å². The van der Waals surface area contributed by atoms with Gasteiger partial charge in [0.2, 0.25) is 0 Å². The summed E-state index contributed by atoms with van der Waals surface area (Å²) in [7, 11) is 3.29. The Balaban J connectivity index is 0. The van der Waals surface area contributed by atoms with E-state index in [1.54, 1.807) is 14.2 Å². The van der Waals surface area contributed by atoms with Gasteiger partial charge < -0.3 is 38.7 Å². The number of ether oxygens (including phenoxy) is 4. The molecule has 0 unspecified atom stereocenters. The van der Waals surface area contributed by atoms with E-state index in [-0.39, 0.29) is 97.1 Å². The van der Waals surface area contributed by atoms with Gasteiger partial charge in [-0.25, -0.2) is 0 Å². The van der Waals surface area contributed by atoms with Crippen molar-refractivity contribution in [2.45, 2.75) is 129 Å². The molecule has 18 heteroatoms. The maximum Gasteiger partial charge on any atom is 1.00 e. The zero-order valence-electron chi connectivity index (χ0n) is 32.6. The summed E-state index contributed by atoms with van der Waals surface area (Å²) in [6.45, 7) is 0.530. The molecule has 0 amide bonds. The summed E-state index contributed by atoms with van der Waals surface area (Å²) in [5.41, 5.74) is 1.97. The first kappa shape index (κ1) is 60.4. The third-order valence-corrected chi connectivity index (χ3v) is 13.9. The number of carboxylic acids is 2. The van der Waals surface area contributed by atoms with E-state index in [1.807, 2.05) is 12.1 Å². The predicted molar refractivity (Wildman–Crippen MR) is 255 cm³/mol. The number of carbonyl (C=O) groups excluding carboxylic acids is 4. The van der Waals surface area contributed by atoms with Crippen LogP contribution in [0.3, 0.4) is 0 Å². The number of hydrogen-bond acceptors (Lipinski definition) is 10. The summed E-state index contributed by atoms with van der Waals surface area (Å²) in [6, 6.07) is 4.05. The summed E-state index contributed by atoms with van der Waals surface area (Å²) in [4.78, 5) is 44.6. The fraction of sp³-hybridized carbons (Fsp3) is 0.579. The van der Waals surface area contributed by atoms with Crippen LogP contribution in [-0.2, 0) is 41.9 Å². The fourth-order valence-corrected chi connectivity index (χ4v) is 13.4. The molecule has 0 fully saturated rings. The molecule has 2 aromatic carbocycles. The van der Waals surface area contributed by atoms with Gasteiger partial charge in [0.25, 0.3) is 0 Å². The average molecular weight is 1470 g/mol. The molecule has 0 saturated heterocycles. The molecule has 304 valence electrons. The maximum absolute atomic E-state index is 12.0. The first-order valence-electron chi connectivity index (χ1n) is 17.8. The van der Waals surface area contributed by atoms with E-state index in [4.69, 9.17) is 18.9 Å². The van der Waals surface area contributed by atoms with Gasteiger partial charge in [-0.1, -0.05) is 64.2 Å². The van der Waals surface area contributed by atoms with Crippen molar-refractivity contribution < 1.29 is 107 Å². The number of unbranched alkanes of at least 4 members (excludes halogenated alkanes) is 12. The van der Waals surface area contributed by atoms with Crippen LogP contribution >= 0.6 is 136 Å². The van der Waals surface area contributed by atoms with Crippen LogP contribution < -0.4 is 78.8 Å². The molecule has 0 saturated carbocycles. The van der Waals surface area contributed by atoms with Crippen molar-refractivity contribution in [1.82, 2.24) is 0 Å². The second kappa shape index (κ2) is 36.8. The van der Waals surface area contributed by atoms with Crippen molar-refractivity contribution in [2.24, 2.45) is 0 Å². The summed E-state index contributed by atoms with van der Waals surface area (Å²) < 4.78 is 27.9. The van der Waals surface area contributed by atoms with Crippen molar-refractivity contribution >= 4 is 159 Å². The molecule has 0 aliphatic heterocycles. The Bertz CT molecular complexity index is 1390. The quantitative estimate of drug-likeness (QED) is 0.0592. The zero-order valence-corrected chi connectivity index (χ0v) is 49.6. The van der Waals surface area contributed by atoms with Crippen LogP contribution in [0.4, 0.5) is 0 Å². The number of carbonyl (C=O) groups is 4. The molecule has 0 aromatic heterocycles. The number of carboxylic acid groups (broad SMARTS) is 2. The topological polar surface area (TPSA) is 151 Å². The van der Waals surface area contributed by atoms with Gasteiger partial charge in [0, 0.05) is 43.0 Å². The van der Waals surface area contributed by atoms with Gasteiger partial charge >= 0.3 is 71.1 Å². The predicted octanol–water partition coefficient (Wildman–Crippen LogP) is 3.63. The largest absolute Gasteiger partial charge is 1.00 e. The van der Waals surface area contributed by atoms with Crippen molar-refractivity contribution in [1.29, 1.82) is 0 Å². The van der Waals surface area contributed by atoms with Gasteiger partial charge in [0.15, 0.2) is 0 Å². The van der Waals surface area contributed by atoms with Gasteiger partial charge in [-0.15, -0.1) is 0 Å². The van der Waals surface area contributed by atoms with Crippen LogP contribution in [0.1, 0.15) is 127 Å². The molecule has 2 aromatic rings. The number of esters is 2. The molecule has 0 aliphatic carbocycles. The Labute approximate surface area is 458 Å². The van der Waals surface area contributed by atoms with E-state index in [1.165, 1.54) is 0 Å². The van der Waals surface area contributed by atoms with Crippen molar-refractivity contribution in [3.05, 3.63) is 44.7 Å². The average Bonchev–Trinajstić information content (AvgIpc) is 3.10. The number of benzene rings is 2. The number of halogens is 6. The molecule has 56 heavy (non-hydrogen) atoms. The SMILES string of the molecule is COc1c(I)cc(I)c(COC(=O)CCCCCCCCCC(=O)[O-])c1I.COc1c(I)cc(I)c(COC(=O)CCCCCCCCCC(=O)[O-])c1I.[Na+].[Na+]. The Morgan fingerprint density at radius 2 is 0.732 bits per heavy atom. The van der Waals surface area contributed by atoms with Gasteiger partial charge in [0.1, 0.15) is 24.7 Å². The van der Waals surface area contributed by atoms with Crippen molar-refractivity contribution in [3.63, 3.8) is 0 Å². The molecule has 0 N–H and O–H groups in total. The van der Waals surface area contributed by atoms with Crippen LogP contribution in [0.25, 0.3) is 0 Å². The van der Waals surface area contributed by atoms with Gasteiger partial charge in [0.05, 0.1) is 28.5 Å². The molecule has 0 atom stereocenters. The normalized spacial score (nSPS) is 10.3. The molecule has 10 nitrogen and oxygen atoms in total. The minimum absolute atomic E-state index is 0. The number of hydrogen-bond donors (Lipinski definition) is 0. The van der Waals surface area contributed by atoms with Crippen LogP contribution in [0.2, 0.25) is 0 Å². The molecule has 0 aliphatic rings. The molecule has 0 heterocycles. The van der Waals surface area contributed by atoms with Gasteiger partial charge in [-0.3, -0.25) is 9.59 Å². The van der Waals surface area contributed by atoms with E-state index >= 15 is 0 Å². The van der Waals surface area contributed by atoms with Crippen molar-refractivity contribution in [2.75, 3.05) is 14.2 Å². The Hall–Kier alpha value is 2.30. The Morgan fingerprint density at radius 3 is 1.00 bits per heavy atom. The second-order valence-electron chi connectivity index (χ2n) is 12.3. The van der Waals surface area contributed by atoms with Crippen LogP contribution in [-0.4, -0.2) is 38.1 Å². The third kappa shape index (κ3) is 26.7. The summed E-state index contributed by atoms with van der Waals surface area (Å²) in [6.07, 6.45) is 14.3. The minimum atomic E-state index is -0.971. The summed E-state index contributed by atoms with van der Waals surface area (Å²) in [5, 5.41) is 20.6. The molecule has 0 bridgehead atoms. The van der Waals surface area contributed by atoms with Crippen LogP contribution in [0.5, 0.6) is 11.5 Å². The molecule has 0 spiro atoms.